The standard InChI is InChI=1S/C24H29N.ClH/c1-5-24(2,3)22-15-13-19(14-16-22)17-25(4)18-21-11-8-10-20-9-6-7-12-23(20)21;/h6-16H,5,17-18H2,1-4H3;1H. The van der Waals surface area contributed by atoms with E-state index in [-0.39, 0.29) is 17.8 Å². The van der Waals surface area contributed by atoms with E-state index in [1.807, 2.05) is 0 Å². The summed E-state index contributed by atoms with van der Waals surface area (Å²) < 4.78 is 0. The molecule has 3 rings (SSSR count). The number of benzene rings is 3. The number of hydrogen-bond acceptors (Lipinski definition) is 1. The molecule has 3 aromatic carbocycles. The summed E-state index contributed by atoms with van der Waals surface area (Å²) in [4.78, 5) is 2.39. The van der Waals surface area contributed by atoms with Crippen molar-refractivity contribution in [1.82, 2.24) is 4.90 Å². The lowest BCUT2D eigenvalue weighted by Crippen LogP contribution is -2.18. The fraction of sp³-hybridized carbons (Fsp3) is 0.333. The van der Waals surface area contributed by atoms with Gasteiger partial charge in [0.05, 0.1) is 0 Å². The second-order valence-corrected chi connectivity index (χ2v) is 7.74. The summed E-state index contributed by atoms with van der Waals surface area (Å²) in [7, 11) is 2.20. The van der Waals surface area contributed by atoms with E-state index in [2.05, 4.69) is 99.4 Å². The highest BCUT2D eigenvalue weighted by Gasteiger charge is 2.17. The Morgan fingerprint density at radius 2 is 1.46 bits per heavy atom. The molecule has 0 saturated heterocycles. The maximum absolute atomic E-state index is 2.39. The predicted octanol–water partition coefficient (Wildman–Crippen LogP) is 6.58. The number of fused-ring (bicyclic) bond motifs is 1. The Balaban J connectivity index is 0.00000243. The van der Waals surface area contributed by atoms with Crippen molar-refractivity contribution in [1.29, 1.82) is 0 Å². The Morgan fingerprint density at radius 1 is 0.808 bits per heavy atom. The van der Waals surface area contributed by atoms with Crippen LogP contribution in [-0.4, -0.2) is 11.9 Å². The number of nitrogens with zero attached hydrogens (tertiary/aromatic N) is 1. The average Bonchev–Trinajstić information content (AvgIpc) is 2.62. The molecule has 0 atom stereocenters. The third-order valence-corrected chi connectivity index (χ3v) is 5.39. The van der Waals surface area contributed by atoms with Crippen molar-refractivity contribution in [3.8, 4) is 0 Å². The zero-order valence-electron chi connectivity index (χ0n) is 16.3. The lowest BCUT2D eigenvalue weighted by molar-refractivity contribution is 0.320. The summed E-state index contributed by atoms with van der Waals surface area (Å²) >= 11 is 0. The summed E-state index contributed by atoms with van der Waals surface area (Å²) in [5.74, 6) is 0. The molecule has 0 aliphatic heterocycles. The van der Waals surface area contributed by atoms with Gasteiger partial charge in [0.2, 0.25) is 0 Å². The van der Waals surface area contributed by atoms with Crippen LogP contribution in [0.4, 0.5) is 0 Å². The van der Waals surface area contributed by atoms with Gasteiger partial charge in [-0.1, -0.05) is 87.5 Å². The first kappa shape index (κ1) is 20.5. The fourth-order valence-corrected chi connectivity index (χ4v) is 3.35. The third-order valence-electron chi connectivity index (χ3n) is 5.39. The quantitative estimate of drug-likeness (QED) is 0.475. The van der Waals surface area contributed by atoms with Gasteiger partial charge in [-0.25, -0.2) is 0 Å². The normalized spacial score (nSPS) is 11.6. The molecular formula is C24H30ClN. The Kier molecular flexibility index (Phi) is 6.86. The Bertz CT molecular complexity index is 831. The molecule has 0 aromatic heterocycles. The average molecular weight is 368 g/mol. The Hall–Kier alpha value is -1.83. The third kappa shape index (κ3) is 4.66. The van der Waals surface area contributed by atoms with E-state index < -0.39 is 0 Å². The van der Waals surface area contributed by atoms with Crippen LogP contribution in [0.2, 0.25) is 0 Å². The second kappa shape index (κ2) is 8.70. The summed E-state index contributed by atoms with van der Waals surface area (Å²) in [6.07, 6.45) is 1.16. The molecule has 0 aliphatic rings. The van der Waals surface area contributed by atoms with Gasteiger partial charge < -0.3 is 0 Å². The van der Waals surface area contributed by atoms with Crippen molar-refractivity contribution in [3.05, 3.63) is 83.4 Å². The van der Waals surface area contributed by atoms with E-state index in [0.29, 0.717) is 0 Å². The second-order valence-electron chi connectivity index (χ2n) is 7.74. The first-order valence-electron chi connectivity index (χ1n) is 9.24. The van der Waals surface area contributed by atoms with Gasteiger partial charge >= 0.3 is 0 Å². The van der Waals surface area contributed by atoms with E-state index in [1.54, 1.807) is 0 Å². The molecule has 26 heavy (non-hydrogen) atoms. The van der Waals surface area contributed by atoms with Crippen LogP contribution >= 0.6 is 12.4 Å². The number of rotatable bonds is 6. The van der Waals surface area contributed by atoms with Gasteiger partial charge in [0, 0.05) is 13.1 Å². The molecule has 2 heteroatoms. The molecule has 0 fully saturated rings. The minimum Gasteiger partial charge on any atom is -0.298 e. The molecule has 138 valence electrons. The van der Waals surface area contributed by atoms with Gasteiger partial charge in [0.1, 0.15) is 0 Å². The van der Waals surface area contributed by atoms with E-state index in [4.69, 9.17) is 0 Å². The van der Waals surface area contributed by atoms with Gasteiger partial charge in [-0.2, -0.15) is 0 Å². The molecular weight excluding hydrogens is 338 g/mol. The van der Waals surface area contributed by atoms with Crippen molar-refractivity contribution in [2.45, 2.75) is 45.7 Å². The van der Waals surface area contributed by atoms with Crippen LogP contribution in [0.3, 0.4) is 0 Å². The van der Waals surface area contributed by atoms with Crippen molar-refractivity contribution < 1.29 is 0 Å². The molecule has 0 amide bonds. The largest absolute Gasteiger partial charge is 0.298 e. The Labute approximate surface area is 164 Å². The van der Waals surface area contributed by atoms with Crippen LogP contribution in [0.15, 0.2) is 66.7 Å². The molecule has 0 saturated carbocycles. The van der Waals surface area contributed by atoms with Crippen molar-refractivity contribution >= 4 is 23.2 Å². The van der Waals surface area contributed by atoms with Crippen LogP contribution in [0.5, 0.6) is 0 Å². The van der Waals surface area contributed by atoms with Crippen molar-refractivity contribution in [2.24, 2.45) is 0 Å². The molecule has 0 heterocycles. The van der Waals surface area contributed by atoms with Gasteiger partial charge in [-0.05, 0) is 46.3 Å². The fourth-order valence-electron chi connectivity index (χ4n) is 3.35. The highest BCUT2D eigenvalue weighted by atomic mass is 35.5. The first-order valence-corrected chi connectivity index (χ1v) is 9.24. The maximum Gasteiger partial charge on any atom is 0.0240 e. The number of hydrogen-bond donors (Lipinski definition) is 0. The highest BCUT2D eigenvalue weighted by Crippen LogP contribution is 2.27. The smallest absolute Gasteiger partial charge is 0.0240 e. The topological polar surface area (TPSA) is 3.24 Å². The summed E-state index contributed by atoms with van der Waals surface area (Å²) in [6, 6.07) is 24.4. The van der Waals surface area contributed by atoms with Crippen molar-refractivity contribution in [3.63, 3.8) is 0 Å². The minimum absolute atomic E-state index is 0. The monoisotopic (exact) mass is 367 g/mol. The minimum atomic E-state index is 0. The lowest BCUT2D eigenvalue weighted by atomic mass is 9.82. The molecule has 3 aromatic rings. The number of halogens is 1. The van der Waals surface area contributed by atoms with Gasteiger partial charge in [0.25, 0.3) is 0 Å². The summed E-state index contributed by atoms with van der Waals surface area (Å²) in [6.45, 7) is 8.81. The maximum atomic E-state index is 2.39. The van der Waals surface area contributed by atoms with Gasteiger partial charge in [-0.15, -0.1) is 12.4 Å². The van der Waals surface area contributed by atoms with Crippen LogP contribution in [-0.2, 0) is 18.5 Å². The highest BCUT2D eigenvalue weighted by molar-refractivity contribution is 5.85. The van der Waals surface area contributed by atoms with E-state index >= 15 is 0 Å². The molecule has 0 radical (unpaired) electrons. The zero-order valence-corrected chi connectivity index (χ0v) is 17.1. The van der Waals surface area contributed by atoms with Crippen LogP contribution in [0, 0.1) is 0 Å². The molecule has 1 nitrogen and oxygen atoms in total. The lowest BCUT2D eigenvalue weighted by Gasteiger charge is -2.24. The van der Waals surface area contributed by atoms with Crippen molar-refractivity contribution in [2.75, 3.05) is 7.05 Å². The molecule has 0 N–H and O–H groups in total. The summed E-state index contributed by atoms with van der Waals surface area (Å²) in [5.41, 5.74) is 4.45. The Morgan fingerprint density at radius 3 is 2.15 bits per heavy atom. The van der Waals surface area contributed by atoms with Crippen LogP contribution in [0.25, 0.3) is 10.8 Å². The van der Waals surface area contributed by atoms with Gasteiger partial charge in [0.15, 0.2) is 0 Å². The molecule has 0 bridgehead atoms. The SMILES string of the molecule is CCC(C)(C)c1ccc(CN(C)Cc2cccc3ccccc23)cc1.Cl. The predicted molar refractivity (Wildman–Crippen MR) is 116 cm³/mol. The van der Waals surface area contributed by atoms with E-state index in [9.17, 15) is 0 Å². The van der Waals surface area contributed by atoms with Gasteiger partial charge in [-0.3, -0.25) is 4.90 Å². The van der Waals surface area contributed by atoms with Crippen LogP contribution in [0.1, 0.15) is 43.9 Å². The van der Waals surface area contributed by atoms with E-state index in [0.717, 1.165) is 19.5 Å². The first-order chi connectivity index (χ1) is 12.0. The van der Waals surface area contributed by atoms with Crippen LogP contribution < -0.4 is 0 Å². The zero-order chi connectivity index (χ0) is 17.9. The molecule has 0 unspecified atom stereocenters. The molecule has 0 spiro atoms. The molecule has 0 aliphatic carbocycles. The van der Waals surface area contributed by atoms with E-state index in [1.165, 1.54) is 27.5 Å². The summed E-state index contributed by atoms with van der Waals surface area (Å²) in [5, 5.41) is 2.68.